The minimum absolute atomic E-state index is 0.0699. The van der Waals surface area contributed by atoms with Gasteiger partial charge in [-0.05, 0) is 34.8 Å². The van der Waals surface area contributed by atoms with E-state index in [1.807, 2.05) is 54.6 Å². The largest absolute Gasteiger partial charge is 0.416 e. The van der Waals surface area contributed by atoms with Crippen LogP contribution in [0, 0.1) is 5.92 Å². The van der Waals surface area contributed by atoms with Crippen LogP contribution in [-0.4, -0.2) is 53.2 Å². The topological polar surface area (TPSA) is 55.4 Å². The van der Waals surface area contributed by atoms with Gasteiger partial charge in [-0.15, -0.1) is 0 Å². The molecule has 1 fully saturated rings. The zero-order valence-electron chi connectivity index (χ0n) is 26.0. The predicted molar refractivity (Wildman–Crippen MR) is 168 cm³/mol. The molecular weight excluding hydrogens is 544 g/mol. The van der Waals surface area contributed by atoms with Gasteiger partial charge in [0.15, 0.2) is 14.6 Å². The summed E-state index contributed by atoms with van der Waals surface area (Å²) >= 11 is 0. The van der Waals surface area contributed by atoms with Crippen molar-refractivity contribution in [1.82, 2.24) is 0 Å². The molecule has 1 aliphatic heterocycles. The van der Waals surface area contributed by atoms with Crippen molar-refractivity contribution >= 4 is 8.32 Å². The van der Waals surface area contributed by atoms with Gasteiger partial charge in [-0.1, -0.05) is 112 Å². The van der Waals surface area contributed by atoms with Crippen LogP contribution in [0.5, 0.6) is 0 Å². The van der Waals surface area contributed by atoms with Crippen LogP contribution >= 0.6 is 0 Å². The summed E-state index contributed by atoms with van der Waals surface area (Å²) in [6.07, 6.45) is -1.73. The monoisotopic (exact) mass is 592 g/mol. The summed E-state index contributed by atoms with van der Waals surface area (Å²) in [6.45, 7) is 13.6. The molecule has 5 atom stereocenters. The lowest BCUT2D eigenvalue weighted by Gasteiger charge is -2.47. The van der Waals surface area contributed by atoms with Gasteiger partial charge < -0.3 is 28.1 Å². The molecule has 228 valence electrons. The van der Waals surface area contributed by atoms with E-state index in [2.05, 4.69) is 70.3 Å². The number of benzene rings is 3. The first-order chi connectivity index (χ1) is 20.2. The van der Waals surface area contributed by atoms with Gasteiger partial charge in [0, 0.05) is 19.6 Å². The van der Waals surface area contributed by atoms with E-state index in [0.717, 1.165) is 16.7 Å². The van der Waals surface area contributed by atoms with Crippen molar-refractivity contribution in [2.24, 2.45) is 5.92 Å². The zero-order chi connectivity index (χ0) is 30.0. The maximum Gasteiger partial charge on any atom is 0.191 e. The van der Waals surface area contributed by atoms with Crippen molar-refractivity contribution in [3.05, 3.63) is 108 Å². The van der Waals surface area contributed by atoms with Crippen molar-refractivity contribution in [1.29, 1.82) is 0 Å². The van der Waals surface area contributed by atoms with E-state index in [1.54, 1.807) is 7.11 Å². The molecular formula is C35H48O6Si. The second kappa shape index (κ2) is 15.4. The smallest absolute Gasteiger partial charge is 0.191 e. The van der Waals surface area contributed by atoms with Gasteiger partial charge in [0.2, 0.25) is 0 Å². The van der Waals surface area contributed by atoms with Crippen molar-refractivity contribution in [3.63, 3.8) is 0 Å². The minimum atomic E-state index is -2.06. The van der Waals surface area contributed by atoms with Crippen molar-refractivity contribution in [3.8, 4) is 0 Å². The van der Waals surface area contributed by atoms with E-state index >= 15 is 0 Å². The van der Waals surface area contributed by atoms with Gasteiger partial charge in [0.05, 0.1) is 38.6 Å². The maximum atomic E-state index is 6.82. The maximum absolute atomic E-state index is 6.82. The molecule has 0 N–H and O–H groups in total. The Morgan fingerprint density at radius 1 is 0.667 bits per heavy atom. The minimum Gasteiger partial charge on any atom is -0.416 e. The fraction of sp³-hybridized carbons (Fsp3) is 0.486. The van der Waals surface area contributed by atoms with Gasteiger partial charge in [0.25, 0.3) is 0 Å². The van der Waals surface area contributed by atoms with Gasteiger partial charge in [-0.3, -0.25) is 0 Å². The molecule has 6 nitrogen and oxygen atoms in total. The molecule has 4 rings (SSSR count). The van der Waals surface area contributed by atoms with Crippen LogP contribution in [0.4, 0.5) is 0 Å². The normalized spacial score (nSPS) is 23.1. The highest BCUT2D eigenvalue weighted by molar-refractivity contribution is 6.74. The van der Waals surface area contributed by atoms with Gasteiger partial charge in [-0.2, -0.15) is 0 Å². The van der Waals surface area contributed by atoms with Crippen LogP contribution in [0.1, 0.15) is 37.5 Å². The van der Waals surface area contributed by atoms with E-state index in [-0.39, 0.29) is 23.2 Å². The highest BCUT2D eigenvalue weighted by Gasteiger charge is 2.49. The fourth-order valence-electron chi connectivity index (χ4n) is 4.83. The number of hydrogen-bond donors (Lipinski definition) is 0. The van der Waals surface area contributed by atoms with Crippen molar-refractivity contribution in [2.45, 2.75) is 83.3 Å². The zero-order valence-corrected chi connectivity index (χ0v) is 27.0. The lowest BCUT2D eigenvalue weighted by Crippen LogP contribution is -2.60. The molecule has 0 unspecified atom stereocenters. The standard InChI is InChI=1S/C35H48O6Si/c1-35(2,3)42(5,6)40-25-30-31(26-37-22-27-16-10-7-11-17-27)41-34(36-4)33(39-24-29-20-14-9-15-21-29)32(30)38-23-28-18-12-8-13-19-28/h7-21,30-34H,22-26H2,1-6H3/t30-,31-,32+,33-,34+/m1/s1. The van der Waals surface area contributed by atoms with Crippen LogP contribution in [0.25, 0.3) is 0 Å². The molecule has 0 aliphatic carbocycles. The molecule has 3 aromatic carbocycles. The van der Waals surface area contributed by atoms with E-state index < -0.39 is 20.7 Å². The quantitative estimate of drug-likeness (QED) is 0.182. The molecule has 0 radical (unpaired) electrons. The molecule has 1 aliphatic rings. The Morgan fingerprint density at radius 2 is 1.14 bits per heavy atom. The summed E-state index contributed by atoms with van der Waals surface area (Å²) in [5, 5.41) is 0.0699. The average molecular weight is 593 g/mol. The SMILES string of the molecule is CO[C@H]1O[C@H](COCc2ccccc2)[C@@H](CO[Si](C)(C)C(C)(C)C)[C@H](OCc2ccccc2)[C@H]1OCc1ccccc1. The first-order valence-corrected chi connectivity index (χ1v) is 17.8. The molecule has 7 heteroatoms. The second-order valence-electron chi connectivity index (χ2n) is 12.5. The molecule has 0 aromatic heterocycles. The Labute approximate surface area is 253 Å². The molecule has 1 heterocycles. The molecule has 0 amide bonds. The Morgan fingerprint density at radius 3 is 1.62 bits per heavy atom. The molecule has 42 heavy (non-hydrogen) atoms. The predicted octanol–water partition coefficient (Wildman–Crippen LogP) is 7.38. The van der Waals surface area contributed by atoms with Crippen LogP contribution < -0.4 is 0 Å². The van der Waals surface area contributed by atoms with Gasteiger partial charge in [-0.25, -0.2) is 0 Å². The Bertz CT molecular complexity index is 1170. The summed E-state index contributed by atoms with van der Waals surface area (Å²) in [5.74, 6) is -0.134. The molecule has 0 saturated carbocycles. The Balaban J connectivity index is 1.60. The first-order valence-electron chi connectivity index (χ1n) is 14.9. The van der Waals surface area contributed by atoms with Crippen LogP contribution in [0.3, 0.4) is 0 Å². The van der Waals surface area contributed by atoms with E-state index in [4.69, 9.17) is 28.1 Å². The lowest BCUT2D eigenvalue weighted by molar-refractivity contribution is -0.308. The van der Waals surface area contributed by atoms with E-state index in [1.165, 1.54) is 0 Å². The number of rotatable bonds is 14. The average Bonchev–Trinajstić information content (AvgIpc) is 2.99. The lowest BCUT2D eigenvalue weighted by atomic mass is 9.89. The van der Waals surface area contributed by atoms with Crippen molar-refractivity contribution in [2.75, 3.05) is 20.3 Å². The number of hydrogen-bond acceptors (Lipinski definition) is 6. The van der Waals surface area contributed by atoms with Gasteiger partial charge >= 0.3 is 0 Å². The van der Waals surface area contributed by atoms with Crippen LogP contribution in [-0.2, 0) is 47.9 Å². The third kappa shape index (κ3) is 9.07. The summed E-state index contributed by atoms with van der Waals surface area (Å²) in [7, 11) is -0.402. The first kappa shape index (κ1) is 32.5. The van der Waals surface area contributed by atoms with E-state index in [9.17, 15) is 0 Å². The van der Waals surface area contributed by atoms with Crippen molar-refractivity contribution < 1.29 is 28.1 Å². The summed E-state index contributed by atoms with van der Waals surface area (Å²) in [6, 6.07) is 30.6. The van der Waals surface area contributed by atoms with Gasteiger partial charge in [0.1, 0.15) is 6.10 Å². The molecule has 0 spiro atoms. The summed E-state index contributed by atoms with van der Waals surface area (Å²) < 4.78 is 38.9. The molecule has 1 saturated heterocycles. The number of methoxy groups -OCH3 is 1. The fourth-order valence-corrected chi connectivity index (χ4v) is 5.87. The van der Waals surface area contributed by atoms with Crippen LogP contribution in [0.15, 0.2) is 91.0 Å². The summed E-state index contributed by atoms with van der Waals surface area (Å²) in [4.78, 5) is 0. The third-order valence-corrected chi connectivity index (χ3v) is 12.9. The van der Waals surface area contributed by atoms with E-state index in [0.29, 0.717) is 33.0 Å². The highest BCUT2D eigenvalue weighted by atomic mass is 28.4. The molecule has 3 aromatic rings. The highest BCUT2D eigenvalue weighted by Crippen LogP contribution is 2.39. The Hall–Kier alpha value is -2.36. The Kier molecular flexibility index (Phi) is 11.9. The second-order valence-corrected chi connectivity index (χ2v) is 17.3. The molecule has 0 bridgehead atoms. The summed E-state index contributed by atoms with van der Waals surface area (Å²) in [5.41, 5.74) is 3.30. The third-order valence-electron chi connectivity index (χ3n) is 8.44. The number of ether oxygens (including phenoxy) is 5. The van der Waals surface area contributed by atoms with Crippen LogP contribution in [0.2, 0.25) is 18.1 Å².